The number of nitrogens with one attached hydrogen (secondary N) is 1. The molecule has 1 aliphatic heterocycles. The van der Waals surface area contributed by atoms with Crippen LogP contribution in [0.25, 0.3) is 10.9 Å². The normalized spacial score (nSPS) is 16.0. The summed E-state index contributed by atoms with van der Waals surface area (Å²) in [5.74, 6) is 0.221. The number of aromatic nitrogens is 1. The molecule has 5 nitrogen and oxygen atoms in total. The number of amides is 2. The standard InChI is InChI=1S/C18H23N3O2/c1-13(2)17(22)20-8-5-9-21(11-10-20)18(23)15-12-19-16-7-4-3-6-14(15)16/h3-4,6-7,12-13,19H,5,8-11H2,1-2H3. The number of carbonyl (C=O) groups excluding carboxylic acids is 2. The van der Waals surface area contributed by atoms with Crippen LogP contribution in [0.5, 0.6) is 0 Å². The Morgan fingerprint density at radius 3 is 2.52 bits per heavy atom. The average molecular weight is 313 g/mol. The molecule has 23 heavy (non-hydrogen) atoms. The van der Waals surface area contributed by atoms with Gasteiger partial charge in [0.1, 0.15) is 0 Å². The van der Waals surface area contributed by atoms with Crippen molar-refractivity contribution in [2.75, 3.05) is 26.2 Å². The van der Waals surface area contributed by atoms with Gasteiger partial charge in [0.05, 0.1) is 5.56 Å². The molecule has 0 bridgehead atoms. The number of H-pyrrole nitrogens is 1. The number of benzene rings is 1. The van der Waals surface area contributed by atoms with Crippen molar-refractivity contribution >= 4 is 22.7 Å². The van der Waals surface area contributed by atoms with Gasteiger partial charge in [0.15, 0.2) is 0 Å². The maximum absolute atomic E-state index is 12.8. The summed E-state index contributed by atoms with van der Waals surface area (Å²) in [6.45, 7) is 6.47. The van der Waals surface area contributed by atoms with Crippen LogP contribution in [0.2, 0.25) is 0 Å². The van der Waals surface area contributed by atoms with E-state index in [4.69, 9.17) is 0 Å². The lowest BCUT2D eigenvalue weighted by Gasteiger charge is -2.23. The number of fused-ring (bicyclic) bond motifs is 1. The Balaban J connectivity index is 1.75. The first kappa shape index (κ1) is 15.6. The lowest BCUT2D eigenvalue weighted by Crippen LogP contribution is -2.38. The van der Waals surface area contributed by atoms with E-state index in [0.717, 1.165) is 23.9 Å². The highest BCUT2D eigenvalue weighted by Crippen LogP contribution is 2.20. The first-order valence-corrected chi connectivity index (χ1v) is 8.22. The molecule has 122 valence electrons. The molecule has 0 radical (unpaired) electrons. The van der Waals surface area contributed by atoms with Crippen LogP contribution in [0, 0.1) is 5.92 Å². The molecule has 1 aromatic carbocycles. The molecule has 2 amide bonds. The number of hydrogen-bond acceptors (Lipinski definition) is 2. The third-order valence-corrected chi connectivity index (χ3v) is 4.41. The number of para-hydroxylation sites is 1. The number of rotatable bonds is 2. The van der Waals surface area contributed by atoms with Gasteiger partial charge in [-0.1, -0.05) is 32.0 Å². The van der Waals surface area contributed by atoms with Gasteiger partial charge in [-0.25, -0.2) is 0 Å². The molecule has 0 aliphatic carbocycles. The van der Waals surface area contributed by atoms with Crippen molar-refractivity contribution in [2.45, 2.75) is 20.3 Å². The van der Waals surface area contributed by atoms with Crippen LogP contribution in [-0.4, -0.2) is 52.8 Å². The summed E-state index contributed by atoms with van der Waals surface area (Å²) < 4.78 is 0. The zero-order valence-corrected chi connectivity index (χ0v) is 13.7. The van der Waals surface area contributed by atoms with E-state index in [1.165, 1.54) is 0 Å². The summed E-state index contributed by atoms with van der Waals surface area (Å²) in [7, 11) is 0. The first-order chi connectivity index (χ1) is 11.1. The van der Waals surface area contributed by atoms with Gasteiger partial charge in [-0.15, -0.1) is 0 Å². The Kier molecular flexibility index (Phi) is 4.37. The smallest absolute Gasteiger partial charge is 0.256 e. The van der Waals surface area contributed by atoms with E-state index in [2.05, 4.69) is 4.98 Å². The van der Waals surface area contributed by atoms with E-state index >= 15 is 0 Å². The maximum Gasteiger partial charge on any atom is 0.256 e. The van der Waals surface area contributed by atoms with Crippen molar-refractivity contribution in [2.24, 2.45) is 5.92 Å². The predicted octanol–water partition coefficient (Wildman–Crippen LogP) is 2.50. The molecule has 5 heteroatoms. The third kappa shape index (κ3) is 3.09. The average Bonchev–Trinajstić information content (AvgIpc) is 2.82. The molecule has 1 saturated heterocycles. The summed E-state index contributed by atoms with van der Waals surface area (Å²) >= 11 is 0. The minimum Gasteiger partial charge on any atom is -0.360 e. The van der Waals surface area contributed by atoms with Gasteiger partial charge in [0.25, 0.3) is 5.91 Å². The fourth-order valence-electron chi connectivity index (χ4n) is 3.12. The molecule has 0 saturated carbocycles. The van der Waals surface area contributed by atoms with Crippen LogP contribution in [0.3, 0.4) is 0 Å². The summed E-state index contributed by atoms with van der Waals surface area (Å²) in [5, 5.41) is 0.955. The zero-order chi connectivity index (χ0) is 16.4. The molecule has 2 aromatic rings. The molecule has 0 atom stereocenters. The van der Waals surface area contributed by atoms with Gasteiger partial charge >= 0.3 is 0 Å². The predicted molar refractivity (Wildman–Crippen MR) is 90.2 cm³/mol. The molecule has 3 rings (SSSR count). The van der Waals surface area contributed by atoms with Crippen LogP contribution < -0.4 is 0 Å². The molecular weight excluding hydrogens is 290 g/mol. The highest BCUT2D eigenvalue weighted by Gasteiger charge is 2.25. The second-order valence-corrected chi connectivity index (χ2v) is 6.37. The van der Waals surface area contributed by atoms with Gasteiger partial charge < -0.3 is 14.8 Å². The first-order valence-electron chi connectivity index (χ1n) is 8.22. The number of carbonyl (C=O) groups is 2. The van der Waals surface area contributed by atoms with Crippen LogP contribution in [-0.2, 0) is 4.79 Å². The Bertz CT molecular complexity index is 720. The van der Waals surface area contributed by atoms with Crippen LogP contribution in [0.15, 0.2) is 30.5 Å². The second-order valence-electron chi connectivity index (χ2n) is 6.37. The highest BCUT2D eigenvalue weighted by atomic mass is 16.2. The molecule has 1 aliphatic rings. The van der Waals surface area contributed by atoms with Crippen molar-refractivity contribution in [1.29, 1.82) is 0 Å². The van der Waals surface area contributed by atoms with Gasteiger partial charge in [-0.3, -0.25) is 9.59 Å². The van der Waals surface area contributed by atoms with Crippen molar-refractivity contribution in [3.05, 3.63) is 36.0 Å². The number of aromatic amines is 1. The molecule has 1 aromatic heterocycles. The lowest BCUT2D eigenvalue weighted by molar-refractivity contribution is -0.134. The second kappa shape index (κ2) is 6.44. The zero-order valence-electron chi connectivity index (χ0n) is 13.7. The van der Waals surface area contributed by atoms with Crippen LogP contribution in [0.1, 0.15) is 30.6 Å². The van der Waals surface area contributed by atoms with Crippen molar-refractivity contribution < 1.29 is 9.59 Å². The van der Waals surface area contributed by atoms with Crippen molar-refractivity contribution in [3.8, 4) is 0 Å². The minimum absolute atomic E-state index is 0.00543. The largest absolute Gasteiger partial charge is 0.360 e. The van der Waals surface area contributed by atoms with Crippen molar-refractivity contribution in [3.63, 3.8) is 0 Å². The SMILES string of the molecule is CC(C)C(=O)N1CCCN(C(=O)c2c[nH]c3ccccc23)CC1. The minimum atomic E-state index is 0.00543. The number of hydrogen-bond donors (Lipinski definition) is 1. The number of nitrogens with zero attached hydrogens (tertiary/aromatic N) is 2. The summed E-state index contributed by atoms with van der Waals surface area (Å²) in [6.07, 6.45) is 2.61. The highest BCUT2D eigenvalue weighted by molar-refractivity contribution is 6.06. The summed E-state index contributed by atoms with van der Waals surface area (Å²) in [5.41, 5.74) is 1.69. The Morgan fingerprint density at radius 1 is 1.04 bits per heavy atom. The fourth-order valence-corrected chi connectivity index (χ4v) is 3.12. The molecular formula is C18H23N3O2. The Morgan fingerprint density at radius 2 is 1.74 bits per heavy atom. The topological polar surface area (TPSA) is 56.4 Å². The van der Waals surface area contributed by atoms with E-state index < -0.39 is 0 Å². The van der Waals surface area contributed by atoms with E-state index in [-0.39, 0.29) is 17.7 Å². The van der Waals surface area contributed by atoms with Gasteiger partial charge in [0.2, 0.25) is 5.91 Å². The fraction of sp³-hybridized carbons (Fsp3) is 0.444. The van der Waals surface area contributed by atoms with E-state index in [9.17, 15) is 9.59 Å². The molecule has 1 N–H and O–H groups in total. The Hall–Kier alpha value is -2.30. The molecule has 2 heterocycles. The van der Waals surface area contributed by atoms with Gasteiger partial charge in [0, 0.05) is 49.2 Å². The summed E-state index contributed by atoms with van der Waals surface area (Å²) in [6, 6.07) is 7.83. The quantitative estimate of drug-likeness (QED) is 0.926. The van der Waals surface area contributed by atoms with Gasteiger partial charge in [-0.2, -0.15) is 0 Å². The lowest BCUT2D eigenvalue weighted by atomic mass is 10.1. The monoisotopic (exact) mass is 313 g/mol. The Labute approximate surface area is 136 Å². The maximum atomic E-state index is 12.8. The summed E-state index contributed by atoms with van der Waals surface area (Å²) in [4.78, 5) is 31.9. The molecule has 0 unspecified atom stereocenters. The van der Waals surface area contributed by atoms with Crippen molar-refractivity contribution in [1.82, 2.24) is 14.8 Å². The third-order valence-electron chi connectivity index (χ3n) is 4.41. The molecule has 1 fully saturated rings. The van der Waals surface area contributed by atoms with Gasteiger partial charge in [-0.05, 0) is 12.5 Å². The van der Waals surface area contributed by atoms with Crippen LogP contribution in [0.4, 0.5) is 0 Å². The molecule has 0 spiro atoms. The van der Waals surface area contributed by atoms with Crippen LogP contribution >= 0.6 is 0 Å². The van der Waals surface area contributed by atoms with E-state index in [1.807, 2.05) is 47.9 Å². The van der Waals surface area contributed by atoms with E-state index in [1.54, 1.807) is 6.20 Å². The van der Waals surface area contributed by atoms with E-state index in [0.29, 0.717) is 25.2 Å².